The molecule has 1 fully saturated rings. The van der Waals surface area contributed by atoms with E-state index < -0.39 is 0 Å². The predicted octanol–water partition coefficient (Wildman–Crippen LogP) is 1.86. The van der Waals surface area contributed by atoms with Gasteiger partial charge in [0, 0.05) is 10.7 Å². The summed E-state index contributed by atoms with van der Waals surface area (Å²) in [5.41, 5.74) is 3.44. The molecule has 5 nitrogen and oxygen atoms in total. The summed E-state index contributed by atoms with van der Waals surface area (Å²) in [6, 6.07) is 15.1. The molecule has 2 aromatic carbocycles. The van der Waals surface area contributed by atoms with Gasteiger partial charge in [-0.2, -0.15) is 5.26 Å². The molecule has 1 amide bonds. The van der Waals surface area contributed by atoms with Crippen LogP contribution in [0.25, 0.3) is 0 Å². The molecular weight excluding hydrogens is 348 g/mol. The molecule has 1 saturated heterocycles. The van der Waals surface area contributed by atoms with Crippen LogP contribution in [0.4, 0.5) is 11.4 Å². The van der Waals surface area contributed by atoms with Crippen LogP contribution in [0.15, 0.2) is 42.5 Å². The van der Waals surface area contributed by atoms with Crippen LogP contribution in [-0.2, 0) is 4.79 Å². The van der Waals surface area contributed by atoms with Crippen molar-refractivity contribution in [1.29, 1.82) is 5.26 Å². The number of anilines is 2. The first-order valence-electron chi connectivity index (χ1n) is 8.70. The van der Waals surface area contributed by atoms with Crippen molar-refractivity contribution in [3.8, 4) is 6.07 Å². The molecule has 26 heavy (non-hydrogen) atoms. The lowest BCUT2D eigenvalue weighted by atomic mass is 10.1. The molecule has 1 heterocycles. The van der Waals surface area contributed by atoms with E-state index in [1.807, 2.05) is 24.3 Å². The topological polar surface area (TPSA) is 60.6 Å². The summed E-state index contributed by atoms with van der Waals surface area (Å²) in [5.74, 6) is -0.0601. The monoisotopic (exact) mass is 369 g/mol. The van der Waals surface area contributed by atoms with E-state index in [4.69, 9.17) is 16.9 Å². The van der Waals surface area contributed by atoms with E-state index in [0.717, 1.165) is 31.2 Å². The van der Waals surface area contributed by atoms with Gasteiger partial charge in [0.15, 0.2) is 6.54 Å². The minimum absolute atomic E-state index is 0.0601. The molecule has 0 saturated carbocycles. The van der Waals surface area contributed by atoms with Gasteiger partial charge in [0.1, 0.15) is 6.07 Å². The lowest BCUT2D eigenvalue weighted by molar-refractivity contribution is -0.892. The summed E-state index contributed by atoms with van der Waals surface area (Å²) in [6.07, 6.45) is 0. The molecular formula is C20H22ClN4O+. The number of carbonyl (C=O) groups is 1. The second-order valence-electron chi connectivity index (χ2n) is 6.55. The van der Waals surface area contributed by atoms with Crippen LogP contribution < -0.4 is 15.1 Å². The van der Waals surface area contributed by atoms with Crippen LogP contribution in [-0.4, -0.2) is 38.6 Å². The van der Waals surface area contributed by atoms with Crippen LogP contribution in [0.1, 0.15) is 11.1 Å². The molecule has 0 atom stereocenters. The van der Waals surface area contributed by atoms with E-state index >= 15 is 0 Å². The Morgan fingerprint density at radius 3 is 2.73 bits per heavy atom. The largest absolute Gasteiger partial charge is 0.360 e. The fourth-order valence-corrected chi connectivity index (χ4v) is 3.44. The SMILES string of the molecule is Cc1ccc(Cl)cc1N1CC[NH+](CC(=O)Nc2ccccc2C#N)CC1. The van der Waals surface area contributed by atoms with Crippen LogP contribution in [0.2, 0.25) is 5.02 Å². The average Bonchev–Trinajstić information content (AvgIpc) is 2.65. The molecule has 0 spiro atoms. The van der Waals surface area contributed by atoms with Crippen molar-refractivity contribution in [1.82, 2.24) is 0 Å². The quantitative estimate of drug-likeness (QED) is 0.864. The lowest BCUT2D eigenvalue weighted by Crippen LogP contribution is -3.15. The Hall–Kier alpha value is -2.55. The third-order valence-electron chi connectivity index (χ3n) is 4.71. The summed E-state index contributed by atoms with van der Waals surface area (Å²) < 4.78 is 0. The second-order valence-corrected chi connectivity index (χ2v) is 6.99. The van der Waals surface area contributed by atoms with Gasteiger partial charge in [-0.05, 0) is 36.8 Å². The van der Waals surface area contributed by atoms with Gasteiger partial charge in [-0.25, -0.2) is 0 Å². The fraction of sp³-hybridized carbons (Fsp3) is 0.300. The van der Waals surface area contributed by atoms with Crippen LogP contribution in [0.5, 0.6) is 0 Å². The molecule has 134 valence electrons. The van der Waals surface area contributed by atoms with Crippen molar-refractivity contribution in [3.05, 3.63) is 58.6 Å². The minimum Gasteiger partial charge on any atom is -0.360 e. The number of carbonyl (C=O) groups excluding carboxylic acids is 1. The number of para-hydroxylation sites is 1. The molecule has 2 N–H and O–H groups in total. The average molecular weight is 370 g/mol. The Morgan fingerprint density at radius 1 is 1.27 bits per heavy atom. The maximum absolute atomic E-state index is 12.3. The van der Waals surface area contributed by atoms with Crippen molar-refractivity contribution >= 4 is 28.9 Å². The van der Waals surface area contributed by atoms with E-state index in [0.29, 0.717) is 17.8 Å². The predicted molar refractivity (Wildman–Crippen MR) is 104 cm³/mol. The van der Waals surface area contributed by atoms with Gasteiger partial charge < -0.3 is 15.1 Å². The summed E-state index contributed by atoms with van der Waals surface area (Å²) in [4.78, 5) is 15.9. The number of hydrogen-bond acceptors (Lipinski definition) is 3. The molecule has 0 radical (unpaired) electrons. The lowest BCUT2D eigenvalue weighted by Gasteiger charge is -2.34. The highest BCUT2D eigenvalue weighted by atomic mass is 35.5. The van der Waals surface area contributed by atoms with Gasteiger partial charge in [0.05, 0.1) is 37.4 Å². The first-order valence-corrected chi connectivity index (χ1v) is 9.08. The molecule has 0 unspecified atom stereocenters. The van der Waals surface area contributed by atoms with E-state index in [2.05, 4.69) is 23.2 Å². The van der Waals surface area contributed by atoms with Crippen LogP contribution in [0, 0.1) is 18.3 Å². The zero-order valence-electron chi connectivity index (χ0n) is 14.8. The Bertz CT molecular complexity index is 838. The zero-order valence-corrected chi connectivity index (χ0v) is 15.5. The molecule has 3 rings (SSSR count). The number of aryl methyl sites for hydroxylation is 1. The van der Waals surface area contributed by atoms with Gasteiger partial charge in [-0.3, -0.25) is 4.79 Å². The van der Waals surface area contributed by atoms with Gasteiger partial charge in [-0.15, -0.1) is 0 Å². The molecule has 1 aliphatic rings. The normalized spacial score (nSPS) is 14.7. The Balaban J connectivity index is 1.55. The molecule has 1 aliphatic heterocycles. The third kappa shape index (κ3) is 4.34. The highest BCUT2D eigenvalue weighted by molar-refractivity contribution is 6.30. The molecule has 6 heteroatoms. The van der Waals surface area contributed by atoms with Crippen LogP contribution >= 0.6 is 11.6 Å². The van der Waals surface area contributed by atoms with Crippen molar-refractivity contribution in [2.45, 2.75) is 6.92 Å². The Labute approximate surface area is 158 Å². The fourth-order valence-electron chi connectivity index (χ4n) is 3.27. The minimum atomic E-state index is -0.0601. The Morgan fingerprint density at radius 2 is 2.00 bits per heavy atom. The van der Waals surface area contributed by atoms with Gasteiger partial charge in [0.2, 0.25) is 0 Å². The number of nitrogens with one attached hydrogen (secondary N) is 2. The van der Waals surface area contributed by atoms with E-state index in [1.54, 1.807) is 18.2 Å². The van der Waals surface area contributed by atoms with Crippen molar-refractivity contribution in [2.24, 2.45) is 0 Å². The number of nitrogens with zero attached hydrogens (tertiary/aromatic N) is 2. The second kappa shape index (κ2) is 8.22. The summed E-state index contributed by atoms with van der Waals surface area (Å²) >= 11 is 6.13. The van der Waals surface area contributed by atoms with Crippen LogP contribution in [0.3, 0.4) is 0 Å². The molecule has 0 aliphatic carbocycles. The molecule has 0 aromatic heterocycles. The summed E-state index contributed by atoms with van der Waals surface area (Å²) in [5, 5.41) is 12.7. The third-order valence-corrected chi connectivity index (χ3v) is 4.95. The van der Waals surface area contributed by atoms with E-state index in [9.17, 15) is 4.79 Å². The number of quaternary nitrogens is 1. The molecule has 2 aromatic rings. The number of rotatable bonds is 4. The number of amides is 1. The van der Waals surface area contributed by atoms with Gasteiger partial charge >= 0.3 is 0 Å². The Kier molecular flexibility index (Phi) is 5.77. The zero-order chi connectivity index (χ0) is 18.5. The highest BCUT2D eigenvalue weighted by Crippen LogP contribution is 2.24. The number of nitriles is 1. The summed E-state index contributed by atoms with van der Waals surface area (Å²) in [7, 11) is 0. The first-order chi connectivity index (χ1) is 12.6. The number of hydrogen-bond donors (Lipinski definition) is 2. The number of piperazine rings is 1. The van der Waals surface area contributed by atoms with Gasteiger partial charge in [-0.1, -0.05) is 29.8 Å². The number of halogens is 1. The van der Waals surface area contributed by atoms with Crippen molar-refractivity contribution < 1.29 is 9.69 Å². The van der Waals surface area contributed by atoms with Crippen molar-refractivity contribution in [2.75, 3.05) is 42.9 Å². The standard InChI is InChI=1S/C20H21ClN4O/c1-15-6-7-17(21)12-19(15)25-10-8-24(9-11-25)14-20(26)23-18-5-3-2-4-16(18)13-22/h2-7,12H,8-11,14H2,1H3,(H,23,26)/p+1. The first kappa shape index (κ1) is 18.2. The maximum atomic E-state index is 12.3. The maximum Gasteiger partial charge on any atom is 0.279 e. The summed E-state index contributed by atoms with van der Waals surface area (Å²) in [6.45, 7) is 6.04. The number of benzene rings is 2. The molecule has 0 bridgehead atoms. The highest BCUT2D eigenvalue weighted by Gasteiger charge is 2.23. The van der Waals surface area contributed by atoms with E-state index in [1.165, 1.54) is 16.2 Å². The van der Waals surface area contributed by atoms with Gasteiger partial charge in [0.25, 0.3) is 5.91 Å². The van der Waals surface area contributed by atoms with E-state index in [-0.39, 0.29) is 5.91 Å². The smallest absolute Gasteiger partial charge is 0.279 e. The van der Waals surface area contributed by atoms with Crippen molar-refractivity contribution in [3.63, 3.8) is 0 Å².